The molecule has 1 aliphatic carbocycles. The minimum atomic E-state index is -0.691. The summed E-state index contributed by atoms with van der Waals surface area (Å²) in [7, 11) is 0. The molecule has 4 amide bonds. The zero-order valence-electron chi connectivity index (χ0n) is 18.9. The molecule has 178 valence electrons. The smallest absolute Gasteiger partial charge is 0.242 e. The lowest BCUT2D eigenvalue weighted by Crippen LogP contribution is -2.49. The number of rotatable bonds is 9. The molecule has 0 aromatic heterocycles. The maximum atomic E-state index is 13.3. The summed E-state index contributed by atoms with van der Waals surface area (Å²) in [5.41, 5.74) is 0.728. The van der Waals surface area contributed by atoms with Crippen molar-refractivity contribution in [1.82, 2.24) is 15.1 Å². The molecule has 7 nitrogen and oxygen atoms in total. The topological polar surface area (TPSA) is 86.8 Å². The summed E-state index contributed by atoms with van der Waals surface area (Å²) in [6, 6.07) is 4.37. The number of hydrogen-bond donors (Lipinski definition) is 1. The van der Waals surface area contributed by atoms with Crippen molar-refractivity contribution in [2.75, 3.05) is 13.1 Å². The third kappa shape index (κ3) is 5.58. The quantitative estimate of drug-likeness (QED) is 0.420. The Hall–Kier alpha value is -2.38. The summed E-state index contributed by atoms with van der Waals surface area (Å²) in [6.45, 7) is 4.25. The highest BCUT2D eigenvalue weighted by molar-refractivity contribution is 6.42. The molecule has 1 aromatic carbocycles. The van der Waals surface area contributed by atoms with Gasteiger partial charge in [-0.2, -0.15) is 0 Å². The molecule has 1 saturated heterocycles. The van der Waals surface area contributed by atoms with E-state index in [0.29, 0.717) is 35.9 Å². The van der Waals surface area contributed by atoms with E-state index in [4.69, 9.17) is 23.2 Å². The molecule has 33 heavy (non-hydrogen) atoms. The van der Waals surface area contributed by atoms with E-state index in [0.717, 1.165) is 5.56 Å². The zero-order valence-corrected chi connectivity index (χ0v) is 20.4. The number of carbonyl (C=O) groups is 4. The summed E-state index contributed by atoms with van der Waals surface area (Å²) in [4.78, 5) is 54.2. The molecule has 3 rings (SSSR count). The van der Waals surface area contributed by atoms with Gasteiger partial charge in [-0.1, -0.05) is 48.3 Å². The fourth-order valence-corrected chi connectivity index (χ4v) is 4.81. The van der Waals surface area contributed by atoms with Crippen molar-refractivity contribution in [3.8, 4) is 0 Å². The number of nitrogens with one attached hydrogen (secondary N) is 1. The van der Waals surface area contributed by atoms with Crippen LogP contribution < -0.4 is 5.32 Å². The Labute approximate surface area is 204 Å². The Balaban J connectivity index is 1.76. The first-order valence-corrected chi connectivity index (χ1v) is 12.0. The van der Waals surface area contributed by atoms with Gasteiger partial charge in [0.05, 0.1) is 21.9 Å². The molecule has 0 bridgehead atoms. The average Bonchev–Trinajstić information content (AvgIpc) is 3.04. The van der Waals surface area contributed by atoms with Crippen LogP contribution in [-0.4, -0.2) is 52.6 Å². The van der Waals surface area contributed by atoms with Crippen LogP contribution in [-0.2, 0) is 25.7 Å². The number of carbonyl (C=O) groups excluding carboxylic acids is 4. The number of likely N-dealkylation sites (tertiary alicyclic amines) is 1. The third-order valence-electron chi connectivity index (χ3n) is 6.22. The van der Waals surface area contributed by atoms with Gasteiger partial charge in [0.1, 0.15) is 6.04 Å². The molecule has 9 heteroatoms. The van der Waals surface area contributed by atoms with Gasteiger partial charge in [-0.15, -0.1) is 0 Å². The summed E-state index contributed by atoms with van der Waals surface area (Å²) in [6.07, 6.45) is 5.32. The molecular formula is C24H29Cl2N3O4. The van der Waals surface area contributed by atoms with E-state index in [1.165, 1.54) is 9.80 Å². The zero-order chi connectivity index (χ0) is 24.1. The largest absolute Gasteiger partial charge is 0.355 e. The van der Waals surface area contributed by atoms with Gasteiger partial charge in [0, 0.05) is 26.1 Å². The van der Waals surface area contributed by atoms with Crippen molar-refractivity contribution in [1.29, 1.82) is 0 Å². The number of likely N-dealkylation sites (N-methyl/N-ethyl adjacent to an activating group) is 1. The second-order valence-corrected chi connectivity index (χ2v) is 9.14. The molecule has 1 heterocycles. The lowest BCUT2D eigenvalue weighted by Gasteiger charge is -2.31. The van der Waals surface area contributed by atoms with Crippen LogP contribution in [0.15, 0.2) is 30.4 Å². The number of hydrogen-bond acceptors (Lipinski definition) is 4. The van der Waals surface area contributed by atoms with Crippen molar-refractivity contribution in [3.63, 3.8) is 0 Å². The predicted molar refractivity (Wildman–Crippen MR) is 126 cm³/mol. The number of fused-ring (bicyclic) bond motifs is 1. The van der Waals surface area contributed by atoms with E-state index < -0.39 is 6.04 Å². The normalized spacial score (nSPS) is 20.5. The SMILES string of the molecule is CCNC(=O)[C@@H](CC)N(Cc1ccc(Cl)c(Cl)c1)C(=O)CCN1C(=O)[C@H]2CC=CC[C@H]2C1=O. The Morgan fingerprint density at radius 2 is 1.73 bits per heavy atom. The molecule has 0 saturated carbocycles. The highest BCUT2D eigenvalue weighted by atomic mass is 35.5. The molecular weight excluding hydrogens is 465 g/mol. The van der Waals surface area contributed by atoms with Gasteiger partial charge < -0.3 is 10.2 Å². The Morgan fingerprint density at radius 3 is 2.27 bits per heavy atom. The molecule has 1 aliphatic heterocycles. The van der Waals surface area contributed by atoms with Crippen LogP contribution >= 0.6 is 23.2 Å². The third-order valence-corrected chi connectivity index (χ3v) is 6.96. The summed E-state index contributed by atoms with van der Waals surface area (Å²) in [5, 5.41) is 3.54. The van der Waals surface area contributed by atoms with Crippen molar-refractivity contribution in [3.05, 3.63) is 46.0 Å². The fourth-order valence-electron chi connectivity index (χ4n) is 4.49. The van der Waals surface area contributed by atoms with Crippen LogP contribution in [0.4, 0.5) is 0 Å². The molecule has 1 N–H and O–H groups in total. The molecule has 2 aliphatic rings. The summed E-state index contributed by atoms with van der Waals surface area (Å²) in [5.74, 6) is -1.65. The van der Waals surface area contributed by atoms with Gasteiger partial charge in [0.2, 0.25) is 23.6 Å². The van der Waals surface area contributed by atoms with Crippen molar-refractivity contribution < 1.29 is 19.2 Å². The number of amides is 4. The van der Waals surface area contributed by atoms with Gasteiger partial charge in [-0.3, -0.25) is 24.1 Å². The maximum Gasteiger partial charge on any atom is 0.242 e. The Bertz CT molecular complexity index is 939. The first-order valence-electron chi connectivity index (χ1n) is 11.3. The molecule has 1 aromatic rings. The number of benzene rings is 1. The van der Waals surface area contributed by atoms with Crippen LogP contribution in [0, 0.1) is 11.8 Å². The highest BCUT2D eigenvalue weighted by Gasteiger charge is 2.47. The van der Waals surface area contributed by atoms with Gasteiger partial charge in [0.25, 0.3) is 0 Å². The monoisotopic (exact) mass is 493 g/mol. The molecule has 0 unspecified atom stereocenters. The van der Waals surface area contributed by atoms with Gasteiger partial charge in [-0.25, -0.2) is 0 Å². The van der Waals surface area contributed by atoms with Crippen molar-refractivity contribution >= 4 is 46.8 Å². The maximum absolute atomic E-state index is 13.3. The van der Waals surface area contributed by atoms with E-state index >= 15 is 0 Å². The number of imide groups is 1. The lowest BCUT2D eigenvalue weighted by atomic mass is 9.85. The molecule has 0 spiro atoms. The van der Waals surface area contributed by atoms with Crippen LogP contribution in [0.1, 0.15) is 45.1 Å². The Kier molecular flexibility index (Phi) is 8.54. The molecule has 3 atom stereocenters. The first kappa shape index (κ1) is 25.2. The molecule has 1 fully saturated rings. The summed E-state index contributed by atoms with van der Waals surface area (Å²) >= 11 is 12.2. The fraction of sp³-hybridized carbons (Fsp3) is 0.500. The van der Waals surface area contributed by atoms with Crippen molar-refractivity contribution in [2.24, 2.45) is 11.8 Å². The van der Waals surface area contributed by atoms with Gasteiger partial charge >= 0.3 is 0 Å². The first-order chi connectivity index (χ1) is 15.8. The average molecular weight is 494 g/mol. The standard InChI is InChI=1S/C24H29Cl2N3O4/c1-3-20(22(31)27-4-2)29(14-15-9-10-18(25)19(26)13-15)21(30)11-12-28-23(32)16-7-5-6-8-17(16)24(28)33/h5-6,9-10,13,16-17,20H,3-4,7-8,11-12,14H2,1-2H3,(H,27,31)/t16-,17+,20-/m1/s1. The van der Waals surface area contributed by atoms with Crippen LogP contribution in [0.2, 0.25) is 10.0 Å². The predicted octanol–water partition coefficient (Wildman–Crippen LogP) is 3.58. The number of allylic oxidation sites excluding steroid dienone is 2. The number of nitrogens with zero attached hydrogens (tertiary/aromatic N) is 2. The van der Waals surface area contributed by atoms with Crippen LogP contribution in [0.25, 0.3) is 0 Å². The van der Waals surface area contributed by atoms with Crippen LogP contribution in [0.3, 0.4) is 0 Å². The second-order valence-electron chi connectivity index (χ2n) is 8.32. The van der Waals surface area contributed by atoms with Crippen LogP contribution in [0.5, 0.6) is 0 Å². The lowest BCUT2D eigenvalue weighted by molar-refractivity contribution is -0.144. The number of halogens is 2. The van der Waals surface area contributed by atoms with E-state index in [-0.39, 0.29) is 55.0 Å². The highest BCUT2D eigenvalue weighted by Crippen LogP contribution is 2.35. The van der Waals surface area contributed by atoms with E-state index in [1.54, 1.807) is 18.2 Å². The van der Waals surface area contributed by atoms with E-state index in [9.17, 15) is 19.2 Å². The minimum Gasteiger partial charge on any atom is -0.355 e. The van der Waals surface area contributed by atoms with Gasteiger partial charge in [0.15, 0.2) is 0 Å². The molecule has 0 radical (unpaired) electrons. The van der Waals surface area contributed by atoms with Crippen molar-refractivity contribution in [2.45, 2.75) is 52.1 Å². The summed E-state index contributed by atoms with van der Waals surface area (Å²) < 4.78 is 0. The van der Waals surface area contributed by atoms with E-state index in [1.807, 2.05) is 26.0 Å². The van der Waals surface area contributed by atoms with Gasteiger partial charge in [-0.05, 0) is 43.9 Å². The second kappa shape index (κ2) is 11.2. The minimum absolute atomic E-state index is 0.00715. The van der Waals surface area contributed by atoms with E-state index in [2.05, 4.69) is 5.32 Å². The Morgan fingerprint density at radius 1 is 1.09 bits per heavy atom.